The topological polar surface area (TPSA) is 58.4 Å². The molecule has 0 aromatic carbocycles. The quantitative estimate of drug-likeness (QED) is 0.873. The van der Waals surface area contributed by atoms with Crippen LogP contribution >= 0.6 is 11.3 Å². The summed E-state index contributed by atoms with van der Waals surface area (Å²) in [5.74, 6) is 0.622. The van der Waals surface area contributed by atoms with Crippen LogP contribution in [0.5, 0.6) is 0 Å². The highest BCUT2D eigenvalue weighted by Crippen LogP contribution is 2.23. The first kappa shape index (κ1) is 13.8. The Hall–Kier alpha value is -1.66. The van der Waals surface area contributed by atoms with E-state index in [1.54, 1.807) is 29.5 Å². The fourth-order valence-electron chi connectivity index (χ4n) is 1.60. The lowest BCUT2D eigenvalue weighted by Gasteiger charge is -2.15. The maximum absolute atomic E-state index is 11.9. The summed E-state index contributed by atoms with van der Waals surface area (Å²) in [5.41, 5.74) is 0.671. The zero-order chi connectivity index (χ0) is 13.7. The molecule has 0 aliphatic heterocycles. The van der Waals surface area contributed by atoms with Gasteiger partial charge >= 0.3 is 0 Å². The molecule has 2 aromatic rings. The predicted molar refractivity (Wildman–Crippen MR) is 75.1 cm³/mol. The molecular formula is C13H17N3O2S. The second-order valence-electron chi connectivity index (χ2n) is 4.22. The fraction of sp³-hybridized carbons (Fsp3) is 0.385. The maximum atomic E-state index is 11.9. The van der Waals surface area contributed by atoms with Crippen LogP contribution in [0, 0.1) is 0 Å². The third-order valence-electron chi connectivity index (χ3n) is 2.74. The highest BCUT2D eigenvalue weighted by molar-refractivity contribution is 7.13. The van der Waals surface area contributed by atoms with E-state index < -0.39 is 0 Å². The number of hydrogen-bond acceptors (Lipinski definition) is 5. The normalized spacial score (nSPS) is 10.6. The molecule has 102 valence electrons. The second-order valence-corrected chi connectivity index (χ2v) is 5.16. The minimum Gasteiger partial charge on any atom is -0.444 e. The van der Waals surface area contributed by atoms with Gasteiger partial charge in [-0.1, -0.05) is 6.07 Å². The van der Waals surface area contributed by atoms with E-state index >= 15 is 0 Å². The van der Waals surface area contributed by atoms with Gasteiger partial charge in [0.2, 0.25) is 11.8 Å². The van der Waals surface area contributed by atoms with Gasteiger partial charge in [-0.15, -0.1) is 11.3 Å². The van der Waals surface area contributed by atoms with E-state index in [-0.39, 0.29) is 12.3 Å². The Morgan fingerprint density at radius 3 is 3.11 bits per heavy atom. The Labute approximate surface area is 116 Å². The van der Waals surface area contributed by atoms with Gasteiger partial charge in [-0.05, 0) is 18.5 Å². The van der Waals surface area contributed by atoms with Crippen molar-refractivity contribution >= 4 is 17.2 Å². The molecule has 1 N–H and O–H groups in total. The Kier molecular flexibility index (Phi) is 4.70. The molecule has 6 heteroatoms. The SMILES string of the molecule is CNCCN(C)C(=O)Cc1coc(-c2cccs2)n1. The fourth-order valence-corrected chi connectivity index (χ4v) is 2.25. The summed E-state index contributed by atoms with van der Waals surface area (Å²) in [6.45, 7) is 1.46. The van der Waals surface area contributed by atoms with E-state index in [2.05, 4.69) is 10.3 Å². The average molecular weight is 279 g/mol. The number of carbonyl (C=O) groups is 1. The summed E-state index contributed by atoms with van der Waals surface area (Å²) in [7, 11) is 3.66. The zero-order valence-corrected chi connectivity index (χ0v) is 11.9. The largest absolute Gasteiger partial charge is 0.444 e. The van der Waals surface area contributed by atoms with Gasteiger partial charge < -0.3 is 14.6 Å². The number of nitrogens with one attached hydrogen (secondary N) is 1. The molecule has 2 aromatic heterocycles. The van der Waals surface area contributed by atoms with E-state index in [0.717, 1.165) is 11.4 Å². The number of rotatable bonds is 6. The lowest BCUT2D eigenvalue weighted by Crippen LogP contribution is -2.33. The Morgan fingerprint density at radius 2 is 2.42 bits per heavy atom. The van der Waals surface area contributed by atoms with Crippen LogP contribution in [0.4, 0.5) is 0 Å². The summed E-state index contributed by atoms with van der Waals surface area (Å²) in [6.07, 6.45) is 1.83. The van der Waals surface area contributed by atoms with Gasteiger partial charge in [0.05, 0.1) is 17.0 Å². The number of oxazole rings is 1. The van der Waals surface area contributed by atoms with Crippen molar-refractivity contribution in [2.45, 2.75) is 6.42 Å². The Bertz CT molecular complexity index is 522. The predicted octanol–water partition coefficient (Wildman–Crippen LogP) is 1.62. The summed E-state index contributed by atoms with van der Waals surface area (Å²) < 4.78 is 5.39. The summed E-state index contributed by atoms with van der Waals surface area (Å²) in [5, 5.41) is 4.98. The van der Waals surface area contributed by atoms with Crippen LogP contribution in [0.2, 0.25) is 0 Å². The monoisotopic (exact) mass is 279 g/mol. The maximum Gasteiger partial charge on any atom is 0.236 e. The second kappa shape index (κ2) is 6.49. The number of amides is 1. The van der Waals surface area contributed by atoms with Crippen LogP contribution < -0.4 is 5.32 Å². The third kappa shape index (κ3) is 3.65. The van der Waals surface area contributed by atoms with Crippen LogP contribution in [-0.4, -0.2) is 43.0 Å². The summed E-state index contributed by atoms with van der Waals surface area (Å²) in [4.78, 5) is 18.9. The molecular weight excluding hydrogens is 262 g/mol. The van der Waals surface area contributed by atoms with Crippen LogP contribution in [0.3, 0.4) is 0 Å². The molecule has 0 fully saturated rings. The zero-order valence-electron chi connectivity index (χ0n) is 11.0. The van der Waals surface area contributed by atoms with Gasteiger partial charge in [0.1, 0.15) is 6.26 Å². The highest BCUT2D eigenvalue weighted by Gasteiger charge is 2.13. The van der Waals surface area contributed by atoms with E-state index in [9.17, 15) is 4.79 Å². The third-order valence-corrected chi connectivity index (χ3v) is 3.60. The van der Waals surface area contributed by atoms with Gasteiger partial charge in [-0.2, -0.15) is 0 Å². The highest BCUT2D eigenvalue weighted by atomic mass is 32.1. The molecule has 0 radical (unpaired) electrons. The first-order valence-corrected chi connectivity index (χ1v) is 6.95. The van der Waals surface area contributed by atoms with E-state index in [0.29, 0.717) is 18.1 Å². The number of likely N-dealkylation sites (N-methyl/N-ethyl adjacent to an activating group) is 2. The minimum atomic E-state index is 0.0429. The molecule has 1 amide bonds. The number of carbonyl (C=O) groups excluding carboxylic acids is 1. The van der Waals surface area contributed by atoms with E-state index in [1.165, 1.54) is 0 Å². The van der Waals surface area contributed by atoms with E-state index in [4.69, 9.17) is 4.42 Å². The molecule has 0 aliphatic rings. The van der Waals surface area contributed by atoms with Gasteiger partial charge in [0.25, 0.3) is 0 Å². The first-order valence-electron chi connectivity index (χ1n) is 6.07. The molecule has 0 bridgehead atoms. The number of aromatic nitrogens is 1. The molecule has 0 saturated heterocycles. The van der Waals surface area contributed by atoms with Crippen LogP contribution in [-0.2, 0) is 11.2 Å². The van der Waals surface area contributed by atoms with E-state index in [1.807, 2.05) is 24.6 Å². The minimum absolute atomic E-state index is 0.0429. The molecule has 0 atom stereocenters. The van der Waals surface area contributed by atoms with Gasteiger partial charge in [0.15, 0.2) is 0 Å². The lowest BCUT2D eigenvalue weighted by atomic mass is 10.3. The molecule has 0 unspecified atom stereocenters. The van der Waals surface area contributed by atoms with Crippen molar-refractivity contribution in [1.82, 2.24) is 15.2 Å². The van der Waals surface area contributed by atoms with Gasteiger partial charge in [-0.25, -0.2) is 4.98 Å². The Balaban J connectivity index is 1.94. The smallest absolute Gasteiger partial charge is 0.236 e. The molecule has 2 rings (SSSR count). The van der Waals surface area contributed by atoms with Gasteiger partial charge in [0, 0.05) is 20.1 Å². The van der Waals surface area contributed by atoms with Crippen molar-refractivity contribution < 1.29 is 9.21 Å². The van der Waals surface area contributed by atoms with Crippen LogP contribution in [0.15, 0.2) is 28.2 Å². The summed E-state index contributed by atoms with van der Waals surface area (Å²) in [6, 6.07) is 3.89. The van der Waals surface area contributed by atoms with Crippen molar-refractivity contribution in [2.24, 2.45) is 0 Å². The summed E-state index contributed by atoms with van der Waals surface area (Å²) >= 11 is 1.57. The van der Waals surface area contributed by atoms with Crippen molar-refractivity contribution in [3.63, 3.8) is 0 Å². The number of thiophene rings is 1. The molecule has 19 heavy (non-hydrogen) atoms. The van der Waals surface area contributed by atoms with Crippen molar-refractivity contribution in [3.8, 4) is 10.8 Å². The molecule has 2 heterocycles. The van der Waals surface area contributed by atoms with Crippen molar-refractivity contribution in [2.75, 3.05) is 27.2 Å². The van der Waals surface area contributed by atoms with Crippen molar-refractivity contribution in [1.29, 1.82) is 0 Å². The number of nitrogens with zero attached hydrogens (tertiary/aromatic N) is 2. The lowest BCUT2D eigenvalue weighted by molar-refractivity contribution is -0.129. The first-order chi connectivity index (χ1) is 9.20. The van der Waals surface area contributed by atoms with Crippen molar-refractivity contribution in [3.05, 3.63) is 29.5 Å². The standard InChI is InChI=1S/C13H17N3O2S/c1-14-5-6-16(2)12(17)8-10-9-18-13(15-10)11-4-3-7-19-11/h3-4,7,9,14H,5-6,8H2,1-2H3. The van der Waals surface area contributed by atoms with Gasteiger partial charge in [-0.3, -0.25) is 4.79 Å². The van der Waals surface area contributed by atoms with Crippen LogP contribution in [0.1, 0.15) is 5.69 Å². The molecule has 0 spiro atoms. The van der Waals surface area contributed by atoms with Crippen LogP contribution in [0.25, 0.3) is 10.8 Å². The molecule has 0 aliphatic carbocycles. The average Bonchev–Trinajstić information content (AvgIpc) is 3.05. The number of hydrogen-bond donors (Lipinski definition) is 1. The molecule has 0 saturated carbocycles. The molecule has 5 nitrogen and oxygen atoms in total. The Morgan fingerprint density at radius 1 is 1.58 bits per heavy atom.